The number of hydrogen-bond donors (Lipinski definition) is 2. The predicted molar refractivity (Wildman–Crippen MR) is 104 cm³/mol. The van der Waals surface area contributed by atoms with Crippen molar-refractivity contribution in [3.63, 3.8) is 0 Å². The highest BCUT2D eigenvalue weighted by Gasteiger charge is 2.25. The van der Waals surface area contributed by atoms with Gasteiger partial charge in [0.2, 0.25) is 0 Å². The van der Waals surface area contributed by atoms with Crippen molar-refractivity contribution in [3.05, 3.63) is 66.5 Å². The van der Waals surface area contributed by atoms with Crippen LogP contribution in [0.2, 0.25) is 0 Å². The Bertz CT molecular complexity index is 872. The van der Waals surface area contributed by atoms with Crippen molar-refractivity contribution in [2.24, 2.45) is 0 Å². The lowest BCUT2D eigenvalue weighted by atomic mass is 10.2. The molecule has 0 bridgehead atoms. The molecule has 1 fully saturated rings. The lowest BCUT2D eigenvalue weighted by Crippen LogP contribution is -2.41. The van der Waals surface area contributed by atoms with Gasteiger partial charge in [0.15, 0.2) is 5.82 Å². The van der Waals surface area contributed by atoms with E-state index in [1.54, 1.807) is 23.3 Å². The number of rotatable bonds is 7. The van der Waals surface area contributed by atoms with E-state index in [2.05, 4.69) is 25.6 Å². The normalized spacial score (nSPS) is 15.4. The van der Waals surface area contributed by atoms with Crippen LogP contribution in [0.15, 0.2) is 59.6 Å². The largest absolute Gasteiger partial charge is 0.468 e. The van der Waals surface area contributed by atoms with E-state index >= 15 is 0 Å². The minimum absolute atomic E-state index is 0.0567. The minimum Gasteiger partial charge on any atom is -0.468 e. The van der Waals surface area contributed by atoms with Crippen LogP contribution in [-0.4, -0.2) is 45.3 Å². The highest BCUT2D eigenvalue weighted by atomic mass is 16.3. The van der Waals surface area contributed by atoms with Gasteiger partial charge in [0, 0.05) is 37.2 Å². The summed E-state index contributed by atoms with van der Waals surface area (Å²) in [6, 6.07) is 9.31. The van der Waals surface area contributed by atoms with E-state index in [0.29, 0.717) is 18.9 Å². The molecule has 0 spiro atoms. The SMILES string of the molecule is O=C(NCc1cccnc1-n1cccn1)NCC(c1ccco1)N1CCCC1. The first kappa shape index (κ1) is 18.2. The summed E-state index contributed by atoms with van der Waals surface area (Å²) in [6.07, 6.45) is 9.28. The zero-order valence-electron chi connectivity index (χ0n) is 15.6. The summed E-state index contributed by atoms with van der Waals surface area (Å²) in [5, 5.41) is 10.1. The van der Waals surface area contributed by atoms with E-state index in [0.717, 1.165) is 24.4 Å². The first-order chi connectivity index (χ1) is 13.8. The fourth-order valence-corrected chi connectivity index (χ4v) is 3.54. The summed E-state index contributed by atoms with van der Waals surface area (Å²) in [5.41, 5.74) is 0.892. The van der Waals surface area contributed by atoms with E-state index < -0.39 is 0 Å². The maximum absolute atomic E-state index is 12.4. The average Bonchev–Trinajstić information content (AvgIpc) is 3.50. The van der Waals surface area contributed by atoms with Crippen molar-refractivity contribution in [2.45, 2.75) is 25.4 Å². The number of aromatic nitrogens is 3. The second-order valence-corrected chi connectivity index (χ2v) is 6.77. The van der Waals surface area contributed by atoms with Crippen molar-refractivity contribution < 1.29 is 9.21 Å². The molecule has 146 valence electrons. The number of urea groups is 1. The van der Waals surface area contributed by atoms with Crippen molar-refractivity contribution in [1.82, 2.24) is 30.3 Å². The predicted octanol–water partition coefficient (Wildman–Crippen LogP) is 2.50. The molecule has 0 radical (unpaired) electrons. The van der Waals surface area contributed by atoms with Gasteiger partial charge in [0.05, 0.1) is 12.3 Å². The fourth-order valence-electron chi connectivity index (χ4n) is 3.54. The summed E-state index contributed by atoms with van der Waals surface area (Å²) >= 11 is 0. The Hall–Kier alpha value is -3.13. The monoisotopic (exact) mass is 380 g/mol. The third kappa shape index (κ3) is 4.23. The lowest BCUT2D eigenvalue weighted by Gasteiger charge is -2.26. The molecule has 1 unspecified atom stereocenters. The van der Waals surface area contributed by atoms with Gasteiger partial charge in [-0.15, -0.1) is 0 Å². The fraction of sp³-hybridized carbons (Fsp3) is 0.350. The van der Waals surface area contributed by atoms with E-state index in [1.807, 2.05) is 36.5 Å². The number of pyridine rings is 1. The van der Waals surface area contributed by atoms with Crippen LogP contribution >= 0.6 is 0 Å². The van der Waals surface area contributed by atoms with E-state index in [1.165, 1.54) is 12.8 Å². The molecule has 0 saturated carbocycles. The number of nitrogens with one attached hydrogen (secondary N) is 2. The molecule has 1 atom stereocenters. The number of amides is 2. The molecule has 1 aliphatic rings. The van der Waals surface area contributed by atoms with Crippen LogP contribution in [0, 0.1) is 0 Å². The Morgan fingerprint density at radius 2 is 2.04 bits per heavy atom. The van der Waals surface area contributed by atoms with Crippen LogP contribution in [0.4, 0.5) is 4.79 Å². The molecule has 2 N–H and O–H groups in total. The van der Waals surface area contributed by atoms with Gasteiger partial charge >= 0.3 is 6.03 Å². The van der Waals surface area contributed by atoms with Gasteiger partial charge in [-0.25, -0.2) is 14.5 Å². The second kappa shape index (κ2) is 8.71. The Morgan fingerprint density at radius 3 is 2.79 bits per heavy atom. The molecule has 3 aromatic rings. The van der Waals surface area contributed by atoms with Crippen LogP contribution in [0.5, 0.6) is 0 Å². The van der Waals surface area contributed by atoms with Gasteiger partial charge < -0.3 is 15.1 Å². The van der Waals surface area contributed by atoms with Crippen LogP contribution in [0.25, 0.3) is 5.82 Å². The molecule has 2 amide bonds. The summed E-state index contributed by atoms with van der Waals surface area (Å²) in [6.45, 7) is 2.91. The zero-order valence-corrected chi connectivity index (χ0v) is 15.6. The number of nitrogens with zero attached hydrogens (tertiary/aromatic N) is 4. The van der Waals surface area contributed by atoms with Crippen molar-refractivity contribution in [3.8, 4) is 5.82 Å². The quantitative estimate of drug-likeness (QED) is 0.657. The summed E-state index contributed by atoms with van der Waals surface area (Å²) < 4.78 is 7.29. The van der Waals surface area contributed by atoms with Crippen LogP contribution in [0.1, 0.15) is 30.2 Å². The molecule has 3 aromatic heterocycles. The highest BCUT2D eigenvalue weighted by molar-refractivity contribution is 5.74. The molecular formula is C20H24N6O2. The summed E-state index contributed by atoms with van der Waals surface area (Å²) in [5.74, 6) is 1.59. The maximum atomic E-state index is 12.4. The summed E-state index contributed by atoms with van der Waals surface area (Å²) in [4.78, 5) is 19.1. The Labute approximate surface area is 163 Å². The van der Waals surface area contributed by atoms with Gasteiger partial charge in [-0.2, -0.15) is 5.10 Å². The lowest BCUT2D eigenvalue weighted by molar-refractivity contribution is 0.203. The Kier molecular flexibility index (Phi) is 5.67. The van der Waals surface area contributed by atoms with Gasteiger partial charge in [-0.3, -0.25) is 4.90 Å². The van der Waals surface area contributed by atoms with Crippen LogP contribution < -0.4 is 10.6 Å². The number of carbonyl (C=O) groups excluding carboxylic acids is 1. The van der Waals surface area contributed by atoms with E-state index in [9.17, 15) is 4.79 Å². The van der Waals surface area contributed by atoms with Crippen LogP contribution in [-0.2, 0) is 6.54 Å². The van der Waals surface area contributed by atoms with E-state index in [-0.39, 0.29) is 12.1 Å². The standard InChI is InChI=1S/C20H24N6O2/c27-20(22-14-16-6-3-8-21-19(16)26-12-5-9-24-26)23-15-17(18-7-4-13-28-18)25-10-1-2-11-25/h3-9,12-13,17H,1-2,10-11,14-15H2,(H2,22,23,27). The molecule has 8 heteroatoms. The topological polar surface area (TPSA) is 88.2 Å². The van der Waals surface area contributed by atoms with Gasteiger partial charge in [-0.1, -0.05) is 6.07 Å². The number of hydrogen-bond acceptors (Lipinski definition) is 5. The smallest absolute Gasteiger partial charge is 0.315 e. The van der Waals surface area contributed by atoms with Crippen molar-refractivity contribution in [2.75, 3.05) is 19.6 Å². The molecule has 1 aliphatic heterocycles. The molecule has 0 aliphatic carbocycles. The molecular weight excluding hydrogens is 356 g/mol. The van der Waals surface area contributed by atoms with E-state index in [4.69, 9.17) is 4.42 Å². The maximum Gasteiger partial charge on any atom is 0.315 e. The molecule has 0 aromatic carbocycles. The Morgan fingerprint density at radius 1 is 1.14 bits per heavy atom. The third-order valence-corrected chi connectivity index (χ3v) is 4.94. The van der Waals surface area contributed by atoms with Crippen LogP contribution in [0.3, 0.4) is 0 Å². The highest BCUT2D eigenvalue weighted by Crippen LogP contribution is 2.24. The Balaban J connectivity index is 1.35. The first-order valence-electron chi connectivity index (χ1n) is 9.54. The molecule has 4 heterocycles. The summed E-state index contributed by atoms with van der Waals surface area (Å²) in [7, 11) is 0. The molecule has 4 rings (SSSR count). The molecule has 1 saturated heterocycles. The number of furan rings is 1. The number of likely N-dealkylation sites (tertiary alicyclic amines) is 1. The first-order valence-corrected chi connectivity index (χ1v) is 9.54. The second-order valence-electron chi connectivity index (χ2n) is 6.77. The van der Waals surface area contributed by atoms with Crippen molar-refractivity contribution >= 4 is 6.03 Å². The van der Waals surface area contributed by atoms with Gasteiger partial charge in [-0.05, 0) is 50.2 Å². The molecule has 28 heavy (non-hydrogen) atoms. The number of carbonyl (C=O) groups is 1. The minimum atomic E-state index is -0.217. The van der Waals surface area contributed by atoms with Gasteiger partial charge in [0.25, 0.3) is 0 Å². The third-order valence-electron chi connectivity index (χ3n) is 4.94. The van der Waals surface area contributed by atoms with Gasteiger partial charge in [0.1, 0.15) is 5.76 Å². The van der Waals surface area contributed by atoms with Crippen molar-refractivity contribution in [1.29, 1.82) is 0 Å². The average molecular weight is 380 g/mol. The zero-order chi connectivity index (χ0) is 19.2. The molecule has 8 nitrogen and oxygen atoms in total.